The van der Waals surface area contributed by atoms with Crippen LogP contribution in [0, 0.1) is 5.92 Å². The lowest BCUT2D eigenvalue weighted by molar-refractivity contribution is 0.490. The molecule has 2 fully saturated rings. The van der Waals surface area contributed by atoms with Gasteiger partial charge in [0.25, 0.3) is 0 Å². The predicted octanol–water partition coefficient (Wildman–Crippen LogP) is 3.95. The number of aromatic nitrogens is 2. The van der Waals surface area contributed by atoms with Crippen molar-refractivity contribution in [1.82, 2.24) is 9.55 Å². The smallest absolute Gasteiger partial charge is 0.110 e. The normalized spacial score (nSPS) is 19.7. The van der Waals surface area contributed by atoms with Gasteiger partial charge in [-0.1, -0.05) is 31.7 Å². The Hall–Kier alpha value is -1.35. The average molecular weight is 283 g/mol. The van der Waals surface area contributed by atoms with Crippen LogP contribution in [0.1, 0.15) is 62.4 Å². The van der Waals surface area contributed by atoms with E-state index in [4.69, 9.17) is 10.7 Å². The Bertz CT molecular complexity index is 633. The molecule has 1 heterocycles. The summed E-state index contributed by atoms with van der Waals surface area (Å²) in [5.74, 6) is 2.26. The maximum atomic E-state index is 5.76. The number of hydrogen-bond donors (Lipinski definition) is 1. The summed E-state index contributed by atoms with van der Waals surface area (Å²) in [7, 11) is 0. The molecular formula is C18H25N3. The fraction of sp³-hybridized carbons (Fsp3) is 0.611. The van der Waals surface area contributed by atoms with E-state index < -0.39 is 0 Å². The molecule has 0 radical (unpaired) electrons. The van der Waals surface area contributed by atoms with Crippen molar-refractivity contribution >= 4 is 11.0 Å². The molecular weight excluding hydrogens is 258 g/mol. The molecule has 0 spiro atoms. The Morgan fingerprint density at radius 2 is 1.95 bits per heavy atom. The highest BCUT2D eigenvalue weighted by atomic mass is 15.1. The van der Waals surface area contributed by atoms with Crippen molar-refractivity contribution in [3.8, 4) is 0 Å². The van der Waals surface area contributed by atoms with Gasteiger partial charge in [0.1, 0.15) is 5.82 Å². The van der Waals surface area contributed by atoms with Gasteiger partial charge in [0.2, 0.25) is 0 Å². The van der Waals surface area contributed by atoms with Gasteiger partial charge < -0.3 is 10.3 Å². The molecule has 21 heavy (non-hydrogen) atoms. The van der Waals surface area contributed by atoms with Crippen LogP contribution < -0.4 is 5.73 Å². The molecule has 4 rings (SSSR count). The Balaban J connectivity index is 1.64. The van der Waals surface area contributed by atoms with Crippen molar-refractivity contribution in [3.63, 3.8) is 0 Å². The third-order valence-electron chi connectivity index (χ3n) is 5.23. The highest BCUT2D eigenvalue weighted by molar-refractivity contribution is 5.77. The maximum absolute atomic E-state index is 5.76. The number of nitrogens with zero attached hydrogens (tertiary/aromatic N) is 2. The van der Waals surface area contributed by atoms with Crippen molar-refractivity contribution < 1.29 is 0 Å². The number of rotatable bonds is 5. The zero-order valence-electron chi connectivity index (χ0n) is 12.7. The fourth-order valence-electron chi connectivity index (χ4n) is 3.87. The van der Waals surface area contributed by atoms with Crippen molar-refractivity contribution in [2.45, 2.75) is 64.0 Å². The van der Waals surface area contributed by atoms with Crippen LogP contribution in [-0.4, -0.2) is 9.55 Å². The number of nitrogens with two attached hydrogens (primary N) is 1. The first-order valence-electron chi connectivity index (χ1n) is 8.55. The Morgan fingerprint density at radius 1 is 1.14 bits per heavy atom. The molecule has 0 aliphatic heterocycles. The lowest BCUT2D eigenvalue weighted by Gasteiger charge is -2.10. The molecule has 2 aromatic rings. The van der Waals surface area contributed by atoms with Crippen molar-refractivity contribution in [3.05, 3.63) is 29.6 Å². The third kappa shape index (κ3) is 2.59. The van der Waals surface area contributed by atoms with Crippen LogP contribution in [0.5, 0.6) is 0 Å². The molecule has 2 aliphatic carbocycles. The predicted molar refractivity (Wildman–Crippen MR) is 86.2 cm³/mol. The van der Waals surface area contributed by atoms with Crippen molar-refractivity contribution in [1.29, 1.82) is 0 Å². The van der Waals surface area contributed by atoms with Gasteiger partial charge in [-0.2, -0.15) is 0 Å². The van der Waals surface area contributed by atoms with E-state index >= 15 is 0 Å². The number of fused-ring (bicyclic) bond motifs is 1. The average Bonchev–Trinajstić information content (AvgIpc) is 3.09. The second-order valence-electron chi connectivity index (χ2n) is 6.85. The molecule has 3 heteroatoms. The lowest BCUT2D eigenvalue weighted by atomic mass is 10.0. The summed E-state index contributed by atoms with van der Waals surface area (Å²) in [6, 6.07) is 7.26. The minimum Gasteiger partial charge on any atom is -0.326 e. The first-order valence-corrected chi connectivity index (χ1v) is 8.55. The van der Waals surface area contributed by atoms with Crippen LogP contribution >= 0.6 is 0 Å². The van der Waals surface area contributed by atoms with Gasteiger partial charge in [0.05, 0.1) is 11.0 Å². The molecule has 3 nitrogen and oxygen atoms in total. The van der Waals surface area contributed by atoms with E-state index in [1.165, 1.54) is 61.9 Å². The van der Waals surface area contributed by atoms with Gasteiger partial charge in [0.15, 0.2) is 0 Å². The van der Waals surface area contributed by atoms with Crippen LogP contribution in [0.3, 0.4) is 0 Å². The Kier molecular flexibility index (Phi) is 3.46. The van der Waals surface area contributed by atoms with E-state index in [0.717, 1.165) is 17.9 Å². The number of hydrogen-bond acceptors (Lipinski definition) is 2. The monoisotopic (exact) mass is 283 g/mol. The largest absolute Gasteiger partial charge is 0.326 e. The molecule has 0 amide bonds. The molecule has 1 aromatic carbocycles. The minimum absolute atomic E-state index is 0.601. The van der Waals surface area contributed by atoms with E-state index in [-0.39, 0.29) is 0 Å². The minimum atomic E-state index is 0.601. The summed E-state index contributed by atoms with van der Waals surface area (Å²) < 4.78 is 2.52. The van der Waals surface area contributed by atoms with Gasteiger partial charge in [0, 0.05) is 19.0 Å². The van der Waals surface area contributed by atoms with E-state index in [2.05, 4.69) is 22.8 Å². The Morgan fingerprint density at radius 3 is 2.67 bits per heavy atom. The van der Waals surface area contributed by atoms with Gasteiger partial charge in [-0.15, -0.1) is 0 Å². The molecule has 0 saturated heterocycles. The van der Waals surface area contributed by atoms with Gasteiger partial charge in [-0.25, -0.2) is 4.98 Å². The summed E-state index contributed by atoms with van der Waals surface area (Å²) in [6.45, 7) is 0.601. The van der Waals surface area contributed by atoms with Crippen molar-refractivity contribution in [2.24, 2.45) is 11.7 Å². The summed E-state index contributed by atoms with van der Waals surface area (Å²) in [4.78, 5) is 4.95. The summed E-state index contributed by atoms with van der Waals surface area (Å²) in [6.07, 6.45) is 10.8. The SMILES string of the molecule is NCc1ccc2c(c1)nc(CCC1CCCC1)n2C1CC1. The molecule has 2 N–H and O–H groups in total. The molecule has 2 aliphatic rings. The highest BCUT2D eigenvalue weighted by Gasteiger charge is 2.28. The Labute approximate surface area is 126 Å². The van der Waals surface area contributed by atoms with Crippen LogP contribution in [-0.2, 0) is 13.0 Å². The van der Waals surface area contributed by atoms with Crippen LogP contribution in [0.25, 0.3) is 11.0 Å². The second-order valence-corrected chi connectivity index (χ2v) is 6.85. The molecule has 2 saturated carbocycles. The number of aryl methyl sites for hydroxylation is 1. The quantitative estimate of drug-likeness (QED) is 0.903. The van der Waals surface area contributed by atoms with Crippen LogP contribution in [0.2, 0.25) is 0 Å². The maximum Gasteiger partial charge on any atom is 0.110 e. The topological polar surface area (TPSA) is 43.8 Å². The first kappa shape index (κ1) is 13.3. The zero-order chi connectivity index (χ0) is 14.2. The third-order valence-corrected chi connectivity index (χ3v) is 5.23. The van der Waals surface area contributed by atoms with Gasteiger partial charge >= 0.3 is 0 Å². The van der Waals surface area contributed by atoms with Gasteiger partial charge in [-0.3, -0.25) is 0 Å². The molecule has 112 valence electrons. The fourth-order valence-corrected chi connectivity index (χ4v) is 3.87. The number of imidazole rings is 1. The molecule has 0 bridgehead atoms. The van der Waals surface area contributed by atoms with Crippen LogP contribution in [0.4, 0.5) is 0 Å². The van der Waals surface area contributed by atoms with Crippen LogP contribution in [0.15, 0.2) is 18.2 Å². The molecule has 1 aromatic heterocycles. The summed E-state index contributed by atoms with van der Waals surface area (Å²) in [5.41, 5.74) is 9.41. The lowest BCUT2D eigenvalue weighted by Crippen LogP contribution is -2.04. The van der Waals surface area contributed by atoms with E-state index in [9.17, 15) is 0 Å². The zero-order valence-corrected chi connectivity index (χ0v) is 12.7. The number of benzene rings is 1. The summed E-state index contributed by atoms with van der Waals surface area (Å²) >= 11 is 0. The molecule has 0 unspecified atom stereocenters. The first-order chi connectivity index (χ1) is 10.3. The molecule has 0 atom stereocenters. The highest BCUT2D eigenvalue weighted by Crippen LogP contribution is 2.39. The standard InChI is InChI=1S/C18H25N3/c19-12-14-5-9-17-16(11-14)20-18(21(17)15-7-8-15)10-6-13-3-1-2-4-13/h5,9,11,13,15H,1-4,6-8,10,12,19H2. The van der Waals surface area contributed by atoms with E-state index in [1.807, 2.05) is 0 Å². The second kappa shape index (κ2) is 5.45. The summed E-state index contributed by atoms with van der Waals surface area (Å²) in [5, 5.41) is 0. The van der Waals surface area contributed by atoms with E-state index in [0.29, 0.717) is 12.6 Å². The van der Waals surface area contributed by atoms with Crippen molar-refractivity contribution in [2.75, 3.05) is 0 Å². The van der Waals surface area contributed by atoms with Gasteiger partial charge in [-0.05, 0) is 42.9 Å². The van der Waals surface area contributed by atoms with E-state index in [1.54, 1.807) is 0 Å².